The molecule has 0 unspecified atom stereocenters. The van der Waals surface area contributed by atoms with E-state index in [4.69, 9.17) is 5.26 Å². The Morgan fingerprint density at radius 1 is 1.11 bits per heavy atom. The van der Waals surface area contributed by atoms with Crippen LogP contribution in [0, 0.1) is 11.3 Å². The molecule has 1 rings (SSSR count). The first-order valence-corrected chi connectivity index (χ1v) is 6.98. The van der Waals surface area contributed by atoms with Crippen LogP contribution in [0.2, 0.25) is 0 Å². The van der Waals surface area contributed by atoms with Gasteiger partial charge in [-0.05, 0) is 26.7 Å². The summed E-state index contributed by atoms with van der Waals surface area (Å²) in [6.07, 6.45) is 1.60. The van der Waals surface area contributed by atoms with Crippen LogP contribution in [0.4, 0.5) is 0 Å². The predicted molar refractivity (Wildman–Crippen MR) is 73.2 cm³/mol. The maximum atomic E-state index is 10.3. The first kappa shape index (κ1) is 15.4. The lowest BCUT2D eigenvalue weighted by atomic mass is 9.96. The summed E-state index contributed by atoms with van der Waals surface area (Å²) < 4.78 is 0. The van der Waals surface area contributed by atoms with E-state index >= 15 is 0 Å². The van der Waals surface area contributed by atoms with E-state index in [2.05, 4.69) is 15.9 Å². The molecule has 0 saturated carbocycles. The van der Waals surface area contributed by atoms with Gasteiger partial charge in [-0.2, -0.15) is 5.26 Å². The number of rotatable bonds is 5. The van der Waals surface area contributed by atoms with E-state index in [0.29, 0.717) is 0 Å². The van der Waals surface area contributed by atoms with Crippen LogP contribution in [0.1, 0.15) is 40.5 Å². The third-order valence-electron chi connectivity index (χ3n) is 4.27. The van der Waals surface area contributed by atoms with Crippen LogP contribution in [0.25, 0.3) is 0 Å². The Morgan fingerprint density at radius 2 is 1.61 bits per heavy atom. The highest BCUT2D eigenvalue weighted by molar-refractivity contribution is 5.03. The first-order valence-electron chi connectivity index (χ1n) is 6.98. The highest BCUT2D eigenvalue weighted by Gasteiger charge is 2.32. The lowest BCUT2D eigenvalue weighted by molar-refractivity contribution is -0.0217. The SMILES string of the molecule is CCC(O)(CC)CN1CCN(C(C)(C)C#N)CC1. The third-order valence-corrected chi connectivity index (χ3v) is 4.27. The summed E-state index contributed by atoms with van der Waals surface area (Å²) in [4.78, 5) is 4.54. The minimum atomic E-state index is -0.549. The molecular weight excluding hydrogens is 226 g/mol. The molecule has 0 bridgehead atoms. The fraction of sp³-hybridized carbons (Fsp3) is 0.929. The Hall–Kier alpha value is -0.630. The standard InChI is InChI=1S/C14H27N3O/c1-5-14(18,6-2)12-16-7-9-17(10-8-16)13(3,4)11-15/h18H,5-10,12H2,1-4H3. The van der Waals surface area contributed by atoms with Gasteiger partial charge in [0, 0.05) is 32.7 Å². The summed E-state index contributed by atoms with van der Waals surface area (Å²) in [6.45, 7) is 12.5. The van der Waals surface area contributed by atoms with Crippen LogP contribution in [-0.4, -0.2) is 58.8 Å². The van der Waals surface area contributed by atoms with Crippen LogP contribution < -0.4 is 0 Å². The van der Waals surface area contributed by atoms with Crippen molar-refractivity contribution >= 4 is 0 Å². The fourth-order valence-corrected chi connectivity index (χ4v) is 2.43. The van der Waals surface area contributed by atoms with Gasteiger partial charge >= 0.3 is 0 Å². The summed E-state index contributed by atoms with van der Waals surface area (Å²) in [6, 6.07) is 2.35. The monoisotopic (exact) mass is 253 g/mol. The first-order chi connectivity index (χ1) is 8.37. The highest BCUT2D eigenvalue weighted by atomic mass is 16.3. The van der Waals surface area contributed by atoms with Crippen LogP contribution in [-0.2, 0) is 0 Å². The molecule has 0 aromatic rings. The molecule has 1 fully saturated rings. The van der Waals surface area contributed by atoms with Crippen LogP contribution in [0.3, 0.4) is 0 Å². The molecule has 0 aromatic carbocycles. The Labute approximate surface area is 111 Å². The topological polar surface area (TPSA) is 50.5 Å². The zero-order valence-electron chi connectivity index (χ0n) is 12.2. The number of β-amino-alcohol motifs (C(OH)–C–C–N with tert-alkyl or cyclic N) is 1. The van der Waals surface area contributed by atoms with E-state index in [9.17, 15) is 5.11 Å². The van der Waals surface area contributed by atoms with Gasteiger partial charge in [0.05, 0.1) is 11.7 Å². The lowest BCUT2D eigenvalue weighted by Gasteiger charge is -2.42. The molecule has 18 heavy (non-hydrogen) atoms. The average Bonchev–Trinajstić information content (AvgIpc) is 2.39. The summed E-state index contributed by atoms with van der Waals surface area (Å²) in [5, 5.41) is 19.5. The van der Waals surface area contributed by atoms with Crippen molar-refractivity contribution in [1.82, 2.24) is 9.80 Å². The van der Waals surface area contributed by atoms with Gasteiger partial charge in [-0.25, -0.2) is 0 Å². The largest absolute Gasteiger partial charge is 0.389 e. The third kappa shape index (κ3) is 3.68. The van der Waals surface area contributed by atoms with Crippen LogP contribution >= 0.6 is 0 Å². The maximum Gasteiger partial charge on any atom is 0.103 e. The fourth-order valence-electron chi connectivity index (χ4n) is 2.43. The molecule has 0 spiro atoms. The molecule has 1 aliphatic rings. The van der Waals surface area contributed by atoms with Crippen molar-refractivity contribution < 1.29 is 5.11 Å². The van der Waals surface area contributed by atoms with Gasteiger partial charge in [0.25, 0.3) is 0 Å². The van der Waals surface area contributed by atoms with E-state index in [0.717, 1.165) is 45.6 Å². The lowest BCUT2D eigenvalue weighted by Crippen LogP contribution is -2.56. The Balaban J connectivity index is 2.48. The minimum Gasteiger partial charge on any atom is -0.389 e. The van der Waals surface area contributed by atoms with Crippen molar-refractivity contribution in [1.29, 1.82) is 5.26 Å². The molecule has 4 heteroatoms. The Bertz CT molecular complexity index is 297. The molecule has 0 atom stereocenters. The quantitative estimate of drug-likeness (QED) is 0.806. The number of nitriles is 1. The molecular formula is C14H27N3O. The molecule has 1 heterocycles. The summed E-state index contributed by atoms with van der Waals surface area (Å²) in [5.74, 6) is 0. The van der Waals surface area contributed by atoms with Crippen molar-refractivity contribution in [3.05, 3.63) is 0 Å². The molecule has 0 aliphatic carbocycles. The van der Waals surface area contributed by atoms with Crippen LogP contribution in [0.5, 0.6) is 0 Å². The molecule has 1 aliphatic heterocycles. The van der Waals surface area contributed by atoms with E-state index in [1.165, 1.54) is 0 Å². The molecule has 1 saturated heterocycles. The smallest absolute Gasteiger partial charge is 0.103 e. The zero-order valence-corrected chi connectivity index (χ0v) is 12.2. The molecule has 4 nitrogen and oxygen atoms in total. The zero-order chi connectivity index (χ0) is 13.8. The van der Waals surface area contributed by atoms with Gasteiger partial charge in [-0.1, -0.05) is 13.8 Å². The average molecular weight is 253 g/mol. The summed E-state index contributed by atoms with van der Waals surface area (Å²) in [5.41, 5.74) is -0.926. The molecule has 104 valence electrons. The van der Waals surface area contributed by atoms with E-state index in [-0.39, 0.29) is 5.54 Å². The van der Waals surface area contributed by atoms with E-state index in [1.807, 2.05) is 27.7 Å². The normalized spacial score (nSPS) is 19.8. The van der Waals surface area contributed by atoms with Crippen LogP contribution in [0.15, 0.2) is 0 Å². The molecule has 1 N–H and O–H groups in total. The second kappa shape index (κ2) is 6.01. The van der Waals surface area contributed by atoms with Gasteiger partial charge in [-0.15, -0.1) is 0 Å². The summed E-state index contributed by atoms with van der Waals surface area (Å²) >= 11 is 0. The van der Waals surface area contributed by atoms with Gasteiger partial charge < -0.3 is 5.11 Å². The van der Waals surface area contributed by atoms with Gasteiger partial charge in [0.15, 0.2) is 0 Å². The van der Waals surface area contributed by atoms with Gasteiger partial charge in [0.1, 0.15) is 5.54 Å². The van der Waals surface area contributed by atoms with Crippen molar-refractivity contribution in [2.45, 2.75) is 51.7 Å². The number of aliphatic hydroxyl groups is 1. The van der Waals surface area contributed by atoms with Crippen molar-refractivity contribution in [2.75, 3.05) is 32.7 Å². The summed E-state index contributed by atoms with van der Waals surface area (Å²) in [7, 11) is 0. The molecule has 0 aromatic heterocycles. The maximum absolute atomic E-state index is 10.3. The number of piperazine rings is 1. The van der Waals surface area contributed by atoms with Crippen molar-refractivity contribution in [3.8, 4) is 6.07 Å². The molecule has 0 radical (unpaired) electrons. The van der Waals surface area contributed by atoms with E-state index < -0.39 is 5.60 Å². The second-order valence-electron chi connectivity index (χ2n) is 5.87. The van der Waals surface area contributed by atoms with Gasteiger partial charge in [-0.3, -0.25) is 9.80 Å². The second-order valence-corrected chi connectivity index (χ2v) is 5.87. The Morgan fingerprint density at radius 3 is 2.00 bits per heavy atom. The van der Waals surface area contributed by atoms with Crippen molar-refractivity contribution in [3.63, 3.8) is 0 Å². The van der Waals surface area contributed by atoms with E-state index in [1.54, 1.807) is 0 Å². The minimum absolute atomic E-state index is 0.377. The molecule has 0 amide bonds. The highest BCUT2D eigenvalue weighted by Crippen LogP contribution is 2.20. The van der Waals surface area contributed by atoms with Crippen molar-refractivity contribution in [2.24, 2.45) is 0 Å². The Kier molecular flexibility index (Phi) is 5.15. The number of hydrogen-bond donors (Lipinski definition) is 1. The van der Waals surface area contributed by atoms with Gasteiger partial charge in [0.2, 0.25) is 0 Å². The number of hydrogen-bond acceptors (Lipinski definition) is 4. The predicted octanol–water partition coefficient (Wildman–Crippen LogP) is 1.46. The number of nitrogens with zero attached hydrogens (tertiary/aromatic N) is 3.